The third-order valence-corrected chi connectivity index (χ3v) is 20.3. The first-order valence-corrected chi connectivity index (χ1v) is 31.0. The van der Waals surface area contributed by atoms with Crippen LogP contribution in [0.3, 0.4) is 0 Å². The summed E-state index contributed by atoms with van der Waals surface area (Å²) in [6.45, 7) is 6.07. The molecule has 428 valence electrons. The molecule has 0 amide bonds. The van der Waals surface area contributed by atoms with Crippen molar-refractivity contribution in [3.05, 3.63) is 231 Å². The van der Waals surface area contributed by atoms with Gasteiger partial charge in [0.15, 0.2) is 0 Å². The zero-order valence-electron chi connectivity index (χ0n) is 46.3. The Labute approximate surface area is 483 Å². The number of hydrogen-bond acceptors (Lipinski definition) is 15. The summed E-state index contributed by atoms with van der Waals surface area (Å²) in [7, 11) is -9.27. The SMILES string of the molecule is COC(=O)C1C=Cc2c(cccc2S(=O)(=O)Oc2ccc(C(C)(C)c3ccc([C@](C)(c4ccc(OS(=O)(=O)C5=CC=C[C@H]6C=CC[C@@H](C(=O)OC)[C@H]56)cc4)c4ccc(OS(=O)(=O)c5cccc6c5C=CC[C@@H]6C(=O)OC)cc4)cc3)cc2)C1. The molecule has 4 aliphatic carbocycles. The number of fused-ring (bicyclic) bond motifs is 3. The Morgan fingerprint density at radius 1 is 0.494 bits per heavy atom. The van der Waals surface area contributed by atoms with E-state index in [0.29, 0.717) is 46.2 Å². The van der Waals surface area contributed by atoms with Crippen LogP contribution in [0, 0.1) is 23.7 Å². The summed E-state index contributed by atoms with van der Waals surface area (Å²) in [4.78, 5) is 37.6. The number of ether oxygens (including phenoxy) is 3. The van der Waals surface area contributed by atoms with Crippen LogP contribution in [0.1, 0.15) is 89.6 Å². The Morgan fingerprint density at radius 2 is 0.988 bits per heavy atom. The highest BCUT2D eigenvalue weighted by Gasteiger charge is 2.44. The number of methoxy groups -OCH3 is 3. The van der Waals surface area contributed by atoms with Crippen LogP contribution in [-0.4, -0.2) is 64.5 Å². The predicted molar refractivity (Wildman–Crippen MR) is 312 cm³/mol. The van der Waals surface area contributed by atoms with Crippen molar-refractivity contribution >= 4 is 60.4 Å². The van der Waals surface area contributed by atoms with Crippen LogP contribution in [0.5, 0.6) is 17.2 Å². The lowest BCUT2D eigenvalue weighted by atomic mass is 9.70. The molecule has 0 aromatic heterocycles. The number of benzene rings is 6. The van der Waals surface area contributed by atoms with E-state index in [2.05, 4.69) is 0 Å². The van der Waals surface area contributed by atoms with Crippen molar-refractivity contribution in [3.63, 3.8) is 0 Å². The van der Waals surface area contributed by atoms with Crippen LogP contribution in [0.25, 0.3) is 12.2 Å². The van der Waals surface area contributed by atoms with Crippen LogP contribution >= 0.6 is 0 Å². The number of esters is 3. The molecule has 0 spiro atoms. The Hall–Kier alpha value is -8.32. The Kier molecular flexibility index (Phi) is 15.9. The summed E-state index contributed by atoms with van der Waals surface area (Å²) in [5.74, 6) is -4.24. The molecule has 0 fully saturated rings. The number of hydrogen-bond donors (Lipinski definition) is 0. The van der Waals surface area contributed by atoms with Crippen molar-refractivity contribution in [3.8, 4) is 17.2 Å². The Balaban J connectivity index is 0.937. The number of carbonyl (C=O) groups excluding carboxylic acids is 3. The highest BCUT2D eigenvalue weighted by Crippen LogP contribution is 2.45. The third-order valence-electron chi connectivity index (χ3n) is 16.3. The smallest absolute Gasteiger partial charge is 0.339 e. The number of carbonyl (C=O) groups is 3. The van der Waals surface area contributed by atoms with Gasteiger partial charge >= 0.3 is 48.3 Å². The van der Waals surface area contributed by atoms with Crippen molar-refractivity contribution in [1.29, 1.82) is 0 Å². The normalized spacial score (nSPS) is 19.8. The lowest BCUT2D eigenvalue weighted by molar-refractivity contribution is -0.147. The molecule has 0 saturated carbocycles. The predicted octanol–water partition coefficient (Wildman–Crippen LogP) is 11.1. The first kappa shape index (κ1) is 57.9. The van der Waals surface area contributed by atoms with Gasteiger partial charge < -0.3 is 26.8 Å². The Morgan fingerprint density at radius 3 is 1.54 bits per heavy atom. The van der Waals surface area contributed by atoms with Gasteiger partial charge in [-0.2, -0.15) is 25.3 Å². The highest BCUT2D eigenvalue weighted by atomic mass is 32.2. The molecule has 0 aliphatic heterocycles. The third kappa shape index (κ3) is 11.2. The van der Waals surface area contributed by atoms with Gasteiger partial charge in [0, 0.05) is 28.2 Å². The van der Waals surface area contributed by atoms with Crippen molar-refractivity contribution in [1.82, 2.24) is 0 Å². The van der Waals surface area contributed by atoms with Gasteiger partial charge in [-0.1, -0.05) is 147 Å². The lowest BCUT2D eigenvalue weighted by Gasteiger charge is -2.34. The van der Waals surface area contributed by atoms with Crippen LogP contribution < -0.4 is 12.5 Å². The van der Waals surface area contributed by atoms with Gasteiger partial charge in [0.2, 0.25) is 0 Å². The van der Waals surface area contributed by atoms with Crippen LogP contribution in [0.15, 0.2) is 191 Å². The maximum absolute atomic E-state index is 14.1. The molecule has 0 bridgehead atoms. The molecule has 6 aromatic carbocycles. The average Bonchev–Trinajstić information content (AvgIpc) is 2.71. The second-order valence-corrected chi connectivity index (χ2v) is 25.9. The van der Waals surface area contributed by atoms with E-state index in [1.807, 2.05) is 75.4 Å². The average molecular weight is 1180 g/mol. The standard InChI is InChI=1S/C65H60O15S3/c1-64(2,45-27-33-49(34-28-45)78-81(69,70)57-19-9-14-42-40-43(61(66)75-4)22-39-52(42)57)44-23-25-46(26-24-44)65(3,47-29-35-50(36-30-47)79-82(71,72)58-20-11-15-53-54(58)16-10-17-55(53)62(67)76-5)48-31-37-51(38-32-48)80-83(73,74)59-21-8-13-41-12-7-18-56(60(41)59)63(68)77-6/h7-16,19-39,41,43,55-56,60H,17-18,40H2,1-6H3/t41-,43?,55+,56-,60-,65+/m1/s1. The largest absolute Gasteiger partial charge is 0.469 e. The molecule has 6 aromatic rings. The first-order chi connectivity index (χ1) is 39.6. The quantitative estimate of drug-likeness (QED) is 0.0273. The van der Waals surface area contributed by atoms with Gasteiger partial charge in [0.1, 0.15) is 27.0 Å². The molecule has 0 saturated heterocycles. The Bertz CT molecular complexity index is 4030. The molecule has 15 nitrogen and oxygen atoms in total. The fraction of sp³-hybridized carbons (Fsp3) is 0.246. The fourth-order valence-electron chi connectivity index (χ4n) is 11.6. The summed E-state index contributed by atoms with van der Waals surface area (Å²) < 4.78 is 116. The van der Waals surface area contributed by atoms with E-state index >= 15 is 0 Å². The molecular formula is C65H60O15S3. The van der Waals surface area contributed by atoms with E-state index < -0.39 is 82.8 Å². The topological polar surface area (TPSA) is 209 Å². The van der Waals surface area contributed by atoms with Gasteiger partial charge in [-0.25, -0.2) is 0 Å². The van der Waals surface area contributed by atoms with Crippen LogP contribution in [-0.2, 0) is 76.2 Å². The molecule has 18 heteroatoms. The van der Waals surface area contributed by atoms with Crippen LogP contribution in [0.2, 0.25) is 0 Å². The van der Waals surface area contributed by atoms with Crippen molar-refractivity contribution < 1.29 is 66.4 Å². The van der Waals surface area contributed by atoms with E-state index in [4.69, 9.17) is 26.8 Å². The zero-order valence-corrected chi connectivity index (χ0v) is 48.7. The molecule has 0 N–H and O–H groups in total. The highest BCUT2D eigenvalue weighted by molar-refractivity contribution is 7.91. The zero-order chi connectivity index (χ0) is 59.1. The number of allylic oxidation sites excluding steroid dienone is 7. The van der Waals surface area contributed by atoms with E-state index in [0.717, 1.165) is 16.7 Å². The molecule has 10 rings (SSSR count). The van der Waals surface area contributed by atoms with E-state index in [-0.39, 0.29) is 44.3 Å². The minimum atomic E-state index is -4.43. The molecular weight excluding hydrogens is 1120 g/mol. The van der Waals surface area contributed by atoms with E-state index in [1.54, 1.807) is 115 Å². The molecule has 0 heterocycles. The maximum atomic E-state index is 14.1. The monoisotopic (exact) mass is 1180 g/mol. The van der Waals surface area contributed by atoms with E-state index in [9.17, 15) is 39.6 Å². The molecule has 4 aliphatic rings. The van der Waals surface area contributed by atoms with Crippen LogP contribution in [0.4, 0.5) is 0 Å². The minimum absolute atomic E-state index is 0.0197. The lowest BCUT2D eigenvalue weighted by Crippen LogP contribution is -2.36. The molecule has 1 unspecified atom stereocenters. The fourth-order valence-corrected chi connectivity index (χ4v) is 15.3. The molecule has 83 heavy (non-hydrogen) atoms. The summed E-state index contributed by atoms with van der Waals surface area (Å²) in [6.07, 6.45) is 16.3. The van der Waals surface area contributed by atoms with Gasteiger partial charge in [-0.3, -0.25) is 14.4 Å². The van der Waals surface area contributed by atoms with Gasteiger partial charge in [0.05, 0.1) is 44.0 Å². The van der Waals surface area contributed by atoms with Gasteiger partial charge in [0.25, 0.3) is 0 Å². The minimum Gasteiger partial charge on any atom is -0.469 e. The molecule has 0 radical (unpaired) electrons. The second kappa shape index (κ2) is 22.8. The number of rotatable bonds is 17. The molecule has 6 atom stereocenters. The maximum Gasteiger partial charge on any atom is 0.339 e. The van der Waals surface area contributed by atoms with E-state index in [1.165, 1.54) is 39.5 Å². The summed E-state index contributed by atoms with van der Waals surface area (Å²) in [6, 6.07) is 37.6. The van der Waals surface area contributed by atoms with Crippen molar-refractivity contribution in [2.75, 3.05) is 21.3 Å². The van der Waals surface area contributed by atoms with Gasteiger partial charge in [-0.15, -0.1) is 0 Å². The van der Waals surface area contributed by atoms with Gasteiger partial charge in [-0.05, 0) is 125 Å². The van der Waals surface area contributed by atoms with Crippen molar-refractivity contribution in [2.24, 2.45) is 23.7 Å². The van der Waals surface area contributed by atoms with Crippen molar-refractivity contribution in [2.45, 2.75) is 66.6 Å². The summed E-state index contributed by atoms with van der Waals surface area (Å²) in [5.41, 5.74) is 4.37. The summed E-state index contributed by atoms with van der Waals surface area (Å²) >= 11 is 0. The summed E-state index contributed by atoms with van der Waals surface area (Å²) in [5, 5.41) is 0. The first-order valence-electron chi connectivity index (χ1n) is 26.7. The second-order valence-electron chi connectivity index (χ2n) is 21.4.